The predicted molar refractivity (Wildman–Crippen MR) is 94.2 cm³/mol. The van der Waals surface area contributed by atoms with Crippen molar-refractivity contribution in [2.45, 2.75) is 86.0 Å². The Kier molecular flexibility index (Phi) is 7.81. The number of ether oxygens (including phenoxy) is 3. The fourth-order valence-corrected chi connectivity index (χ4v) is 1.51. The van der Waals surface area contributed by atoms with E-state index in [1.807, 2.05) is 0 Å². The van der Waals surface area contributed by atoms with Crippen molar-refractivity contribution in [2.24, 2.45) is 5.41 Å². The highest BCUT2D eigenvalue weighted by Gasteiger charge is 2.34. The van der Waals surface area contributed by atoms with Gasteiger partial charge in [-0.1, -0.05) is 0 Å². The molecule has 0 aromatic rings. The van der Waals surface area contributed by atoms with Gasteiger partial charge in [-0.05, 0) is 62.3 Å². The standard InChI is InChI=1S/C18H31NO7/c1-16(2,3)14(22)24-13(21)11(10-12(20)25-17(4,5)6)19-15(23)26-18(7,8)9/h11H,10H2,1-9H3,(H,19,23)/t11-/m0/s1. The summed E-state index contributed by atoms with van der Waals surface area (Å²) in [4.78, 5) is 48.1. The second-order valence-electron chi connectivity index (χ2n) is 8.95. The average molecular weight is 373 g/mol. The highest BCUT2D eigenvalue weighted by molar-refractivity contribution is 5.94. The van der Waals surface area contributed by atoms with Crippen LogP contribution in [0.5, 0.6) is 0 Å². The van der Waals surface area contributed by atoms with Gasteiger partial charge in [0.25, 0.3) is 0 Å². The lowest BCUT2D eigenvalue weighted by atomic mass is 9.97. The molecule has 1 atom stereocenters. The number of amides is 1. The zero-order valence-corrected chi connectivity index (χ0v) is 17.1. The molecule has 0 radical (unpaired) electrons. The van der Waals surface area contributed by atoms with Crippen LogP contribution in [0.3, 0.4) is 0 Å². The Morgan fingerprint density at radius 3 is 1.65 bits per heavy atom. The van der Waals surface area contributed by atoms with Crippen molar-refractivity contribution in [3.05, 3.63) is 0 Å². The van der Waals surface area contributed by atoms with E-state index < -0.39 is 53.1 Å². The number of carbonyl (C=O) groups is 4. The van der Waals surface area contributed by atoms with Crippen LogP contribution in [-0.4, -0.2) is 41.2 Å². The van der Waals surface area contributed by atoms with Gasteiger partial charge in [-0.2, -0.15) is 0 Å². The van der Waals surface area contributed by atoms with Crippen molar-refractivity contribution in [2.75, 3.05) is 0 Å². The normalized spacial score (nSPS) is 13.4. The number of esters is 3. The van der Waals surface area contributed by atoms with E-state index in [2.05, 4.69) is 5.32 Å². The molecule has 150 valence electrons. The molecule has 0 bridgehead atoms. The van der Waals surface area contributed by atoms with Gasteiger partial charge < -0.3 is 19.5 Å². The maximum absolute atomic E-state index is 12.3. The molecule has 1 amide bonds. The summed E-state index contributed by atoms with van der Waals surface area (Å²) in [6, 6.07) is -1.41. The number of rotatable bonds is 4. The Bertz CT molecular complexity index is 517. The molecule has 0 aliphatic carbocycles. The molecule has 1 N–H and O–H groups in total. The summed E-state index contributed by atoms with van der Waals surface area (Å²) in [5.74, 6) is -2.55. The van der Waals surface area contributed by atoms with Crippen LogP contribution in [0.4, 0.5) is 4.79 Å². The van der Waals surface area contributed by atoms with Gasteiger partial charge in [0.2, 0.25) is 0 Å². The third-order valence-corrected chi connectivity index (χ3v) is 2.57. The second kappa shape index (κ2) is 8.51. The number of hydrogen-bond donors (Lipinski definition) is 1. The zero-order valence-electron chi connectivity index (χ0n) is 17.1. The Labute approximate surface area is 154 Å². The van der Waals surface area contributed by atoms with Crippen LogP contribution >= 0.6 is 0 Å². The molecule has 0 aromatic carbocycles. The molecule has 8 nitrogen and oxygen atoms in total. The molecule has 8 heteroatoms. The van der Waals surface area contributed by atoms with E-state index in [0.717, 1.165) is 0 Å². The van der Waals surface area contributed by atoms with Crippen LogP contribution in [0, 0.1) is 5.41 Å². The summed E-state index contributed by atoms with van der Waals surface area (Å²) >= 11 is 0. The minimum atomic E-state index is -1.41. The number of alkyl carbamates (subject to hydrolysis) is 1. The largest absolute Gasteiger partial charge is 0.460 e. The minimum absolute atomic E-state index is 0.493. The van der Waals surface area contributed by atoms with Crippen molar-refractivity contribution in [3.8, 4) is 0 Å². The fourth-order valence-electron chi connectivity index (χ4n) is 1.51. The van der Waals surface area contributed by atoms with E-state index in [9.17, 15) is 19.2 Å². The summed E-state index contributed by atoms with van der Waals surface area (Å²) in [5, 5.41) is 2.26. The van der Waals surface area contributed by atoms with Gasteiger partial charge in [0.15, 0.2) is 0 Å². The molecule has 26 heavy (non-hydrogen) atoms. The molecular weight excluding hydrogens is 342 g/mol. The first kappa shape index (κ1) is 23.9. The third kappa shape index (κ3) is 10.7. The SMILES string of the molecule is CC(C)(C)OC(=O)C[C@H](NC(=O)OC(C)(C)C)C(=O)OC(=O)C(C)(C)C. The number of carbonyl (C=O) groups excluding carboxylic acids is 4. The zero-order chi connectivity index (χ0) is 20.9. The van der Waals surface area contributed by atoms with Gasteiger partial charge in [0, 0.05) is 0 Å². The van der Waals surface area contributed by atoms with E-state index in [0.29, 0.717) is 0 Å². The van der Waals surface area contributed by atoms with Crippen molar-refractivity contribution in [1.82, 2.24) is 5.32 Å². The molecule has 0 rings (SSSR count). The lowest BCUT2D eigenvalue weighted by Gasteiger charge is -2.24. The lowest BCUT2D eigenvalue weighted by molar-refractivity contribution is -0.170. The van der Waals surface area contributed by atoms with Crippen molar-refractivity contribution < 1.29 is 33.4 Å². The molecule has 0 saturated heterocycles. The van der Waals surface area contributed by atoms with Gasteiger partial charge in [0.1, 0.15) is 17.2 Å². The molecule has 0 aliphatic rings. The Morgan fingerprint density at radius 1 is 0.808 bits per heavy atom. The summed E-state index contributed by atoms with van der Waals surface area (Å²) < 4.78 is 15.0. The molecular formula is C18H31NO7. The van der Waals surface area contributed by atoms with Crippen molar-refractivity contribution in [3.63, 3.8) is 0 Å². The van der Waals surface area contributed by atoms with Gasteiger partial charge >= 0.3 is 24.0 Å². The molecule has 0 unspecified atom stereocenters. The third-order valence-electron chi connectivity index (χ3n) is 2.57. The lowest BCUT2D eigenvalue weighted by Crippen LogP contribution is -2.47. The first-order valence-electron chi connectivity index (χ1n) is 8.38. The van der Waals surface area contributed by atoms with E-state index >= 15 is 0 Å². The Morgan fingerprint density at radius 2 is 1.27 bits per heavy atom. The first-order chi connectivity index (χ1) is 11.4. The summed E-state index contributed by atoms with van der Waals surface area (Å²) in [5.41, 5.74) is -2.48. The van der Waals surface area contributed by atoms with Gasteiger partial charge in [-0.3, -0.25) is 9.59 Å². The predicted octanol–water partition coefficient (Wildman–Crippen LogP) is 2.73. The average Bonchev–Trinajstić information content (AvgIpc) is 2.31. The molecule has 0 aliphatic heterocycles. The Balaban J connectivity index is 5.21. The van der Waals surface area contributed by atoms with E-state index in [4.69, 9.17) is 14.2 Å². The van der Waals surface area contributed by atoms with Crippen LogP contribution in [0.2, 0.25) is 0 Å². The van der Waals surface area contributed by atoms with E-state index in [1.54, 1.807) is 62.3 Å². The number of hydrogen-bond acceptors (Lipinski definition) is 7. The van der Waals surface area contributed by atoms with Crippen LogP contribution in [0.25, 0.3) is 0 Å². The molecule has 0 heterocycles. The molecule has 0 fully saturated rings. The van der Waals surface area contributed by atoms with Crippen LogP contribution in [-0.2, 0) is 28.6 Å². The molecule has 0 saturated carbocycles. The van der Waals surface area contributed by atoms with Gasteiger partial charge in [-0.15, -0.1) is 0 Å². The van der Waals surface area contributed by atoms with Crippen LogP contribution in [0.1, 0.15) is 68.7 Å². The quantitative estimate of drug-likeness (QED) is 0.458. The highest BCUT2D eigenvalue weighted by atomic mass is 16.6. The smallest absolute Gasteiger partial charge is 0.408 e. The van der Waals surface area contributed by atoms with Gasteiger partial charge in [0.05, 0.1) is 11.8 Å². The molecule has 0 aromatic heterocycles. The highest BCUT2D eigenvalue weighted by Crippen LogP contribution is 2.17. The first-order valence-corrected chi connectivity index (χ1v) is 8.38. The van der Waals surface area contributed by atoms with Crippen molar-refractivity contribution >= 4 is 24.0 Å². The monoisotopic (exact) mass is 373 g/mol. The van der Waals surface area contributed by atoms with E-state index in [-0.39, 0.29) is 0 Å². The summed E-state index contributed by atoms with van der Waals surface area (Å²) in [6.07, 6.45) is -1.40. The van der Waals surface area contributed by atoms with Gasteiger partial charge in [-0.25, -0.2) is 9.59 Å². The fraction of sp³-hybridized carbons (Fsp3) is 0.778. The maximum Gasteiger partial charge on any atom is 0.408 e. The van der Waals surface area contributed by atoms with E-state index in [1.165, 1.54) is 0 Å². The molecule has 0 spiro atoms. The van der Waals surface area contributed by atoms with Crippen LogP contribution < -0.4 is 5.32 Å². The maximum atomic E-state index is 12.3. The minimum Gasteiger partial charge on any atom is -0.460 e. The summed E-state index contributed by atoms with van der Waals surface area (Å²) in [7, 11) is 0. The summed E-state index contributed by atoms with van der Waals surface area (Å²) in [6.45, 7) is 14.7. The van der Waals surface area contributed by atoms with Crippen molar-refractivity contribution in [1.29, 1.82) is 0 Å². The topological polar surface area (TPSA) is 108 Å². The Hall–Kier alpha value is -2.12. The second-order valence-corrected chi connectivity index (χ2v) is 8.95. The number of nitrogens with one attached hydrogen (secondary N) is 1. The van der Waals surface area contributed by atoms with Crippen LogP contribution in [0.15, 0.2) is 0 Å².